The van der Waals surface area contributed by atoms with E-state index in [2.05, 4.69) is 54.1 Å². The number of nitrogens with one attached hydrogen (secondary N) is 2. The van der Waals surface area contributed by atoms with Gasteiger partial charge < -0.3 is 29.6 Å². The predicted octanol–water partition coefficient (Wildman–Crippen LogP) is 6.01. The van der Waals surface area contributed by atoms with Gasteiger partial charge >= 0.3 is 0 Å². The molecule has 4 rings (SSSR count). The molecule has 238 valence electrons. The van der Waals surface area contributed by atoms with Crippen molar-refractivity contribution in [2.45, 2.75) is 78.4 Å². The first kappa shape index (κ1) is 33.3. The number of carbonyl (C=O) groups is 1. The van der Waals surface area contributed by atoms with Gasteiger partial charge in [0, 0.05) is 66.6 Å². The fraction of sp³-hybridized carbons (Fsp3) is 0.500. The topological polar surface area (TPSA) is 86.9 Å². The molecule has 0 spiro atoms. The van der Waals surface area contributed by atoms with Gasteiger partial charge in [-0.1, -0.05) is 19.1 Å². The smallest absolute Gasteiger partial charge is 0.251 e. The van der Waals surface area contributed by atoms with Crippen LogP contribution in [0.1, 0.15) is 71.9 Å². The Bertz CT molecular complexity index is 1460. The minimum Gasteiger partial charge on any atom is -0.491 e. The number of methoxy groups -OCH3 is 1. The highest BCUT2D eigenvalue weighted by Crippen LogP contribution is 2.36. The SMILES string of the molecule is CCCN(c1cc(-c2ccc(OCCOC)cc2)cc(C(=O)NCc2c(C)[nH]c(C)cc2=O)c1C)C1CCC(N(C)C)CC1. The van der Waals surface area contributed by atoms with Crippen molar-refractivity contribution in [1.29, 1.82) is 0 Å². The van der Waals surface area contributed by atoms with Gasteiger partial charge in [0.2, 0.25) is 0 Å². The summed E-state index contributed by atoms with van der Waals surface area (Å²) in [6.45, 7) is 10.1. The van der Waals surface area contributed by atoms with Crippen molar-refractivity contribution in [2.75, 3.05) is 45.9 Å². The van der Waals surface area contributed by atoms with E-state index in [1.165, 1.54) is 12.8 Å². The number of benzene rings is 2. The van der Waals surface area contributed by atoms with E-state index in [4.69, 9.17) is 9.47 Å². The van der Waals surface area contributed by atoms with Gasteiger partial charge in [0.1, 0.15) is 12.4 Å². The summed E-state index contributed by atoms with van der Waals surface area (Å²) < 4.78 is 10.9. The standard InChI is InChI=1S/C36H50N4O4/c1-8-17-40(30-13-11-29(12-14-30)39(5)6)34-22-28(27-9-15-31(16-10-27)44-19-18-43-7)21-32(25(34)3)36(42)37-23-33-26(4)38-24(2)20-35(33)41/h9-10,15-16,20-22,29-30H,8,11-14,17-19,23H2,1-7H3,(H,37,42)(H,38,41). The number of rotatable bonds is 13. The molecule has 2 N–H and O–H groups in total. The van der Waals surface area contributed by atoms with Gasteiger partial charge in [-0.15, -0.1) is 0 Å². The van der Waals surface area contributed by atoms with Crippen LogP contribution in [-0.2, 0) is 11.3 Å². The molecular formula is C36H50N4O4. The number of amides is 1. The minimum atomic E-state index is -0.183. The molecule has 1 aliphatic rings. The van der Waals surface area contributed by atoms with Gasteiger partial charge in [-0.05, 0) is 108 Å². The number of ether oxygens (including phenoxy) is 2. The molecule has 2 aromatic carbocycles. The van der Waals surface area contributed by atoms with Crippen molar-refractivity contribution in [3.63, 3.8) is 0 Å². The van der Waals surface area contributed by atoms with Crippen LogP contribution in [0.25, 0.3) is 11.1 Å². The molecule has 0 atom stereocenters. The van der Waals surface area contributed by atoms with Gasteiger partial charge in [-0.25, -0.2) is 0 Å². The van der Waals surface area contributed by atoms with E-state index in [1.54, 1.807) is 13.2 Å². The van der Waals surface area contributed by atoms with Crippen LogP contribution in [-0.4, -0.2) is 68.8 Å². The average molecular weight is 603 g/mol. The maximum atomic E-state index is 13.9. The van der Waals surface area contributed by atoms with Crippen molar-refractivity contribution in [1.82, 2.24) is 15.2 Å². The highest BCUT2D eigenvalue weighted by atomic mass is 16.5. The van der Waals surface area contributed by atoms with Gasteiger partial charge in [0.15, 0.2) is 5.43 Å². The van der Waals surface area contributed by atoms with E-state index in [9.17, 15) is 9.59 Å². The van der Waals surface area contributed by atoms with Gasteiger partial charge in [0.05, 0.1) is 6.61 Å². The van der Waals surface area contributed by atoms with E-state index in [0.29, 0.717) is 36.4 Å². The van der Waals surface area contributed by atoms with Crippen LogP contribution in [0.3, 0.4) is 0 Å². The Kier molecular flexibility index (Phi) is 11.6. The number of aryl methyl sites for hydroxylation is 2. The average Bonchev–Trinajstić information content (AvgIpc) is 3.00. The molecule has 1 amide bonds. The maximum Gasteiger partial charge on any atom is 0.251 e. The van der Waals surface area contributed by atoms with E-state index in [1.807, 2.05) is 44.2 Å². The molecule has 1 saturated carbocycles. The molecule has 0 bridgehead atoms. The number of aromatic nitrogens is 1. The Morgan fingerprint density at radius 1 is 0.955 bits per heavy atom. The summed E-state index contributed by atoms with van der Waals surface area (Å²) in [6.07, 6.45) is 5.59. The predicted molar refractivity (Wildman–Crippen MR) is 179 cm³/mol. The van der Waals surface area contributed by atoms with Crippen molar-refractivity contribution in [3.05, 3.63) is 80.8 Å². The summed E-state index contributed by atoms with van der Waals surface area (Å²) in [6, 6.07) is 14.8. The summed E-state index contributed by atoms with van der Waals surface area (Å²) in [4.78, 5) is 34.6. The van der Waals surface area contributed by atoms with Gasteiger partial charge in [0.25, 0.3) is 5.91 Å². The third kappa shape index (κ3) is 8.10. The number of nitrogens with zero attached hydrogens (tertiary/aromatic N) is 2. The second kappa shape index (κ2) is 15.4. The third-order valence-electron chi connectivity index (χ3n) is 8.89. The van der Waals surface area contributed by atoms with Crippen molar-refractivity contribution in [3.8, 4) is 16.9 Å². The molecular weight excluding hydrogens is 552 g/mol. The van der Waals surface area contributed by atoms with E-state index in [-0.39, 0.29) is 17.9 Å². The van der Waals surface area contributed by atoms with Crippen LogP contribution in [0.2, 0.25) is 0 Å². The molecule has 0 aliphatic heterocycles. The maximum absolute atomic E-state index is 13.9. The molecule has 1 fully saturated rings. The van der Waals surface area contributed by atoms with Gasteiger partial charge in [-0.3, -0.25) is 9.59 Å². The lowest BCUT2D eigenvalue weighted by Gasteiger charge is -2.41. The zero-order valence-electron chi connectivity index (χ0n) is 27.6. The first-order valence-corrected chi connectivity index (χ1v) is 15.9. The summed E-state index contributed by atoms with van der Waals surface area (Å²) >= 11 is 0. The van der Waals surface area contributed by atoms with Crippen LogP contribution in [0.5, 0.6) is 5.75 Å². The number of aromatic amines is 1. The monoisotopic (exact) mass is 602 g/mol. The molecule has 0 unspecified atom stereocenters. The Labute approximate surface area is 262 Å². The Balaban J connectivity index is 1.70. The highest BCUT2D eigenvalue weighted by molar-refractivity contribution is 5.99. The molecule has 0 saturated heterocycles. The van der Waals surface area contributed by atoms with E-state index >= 15 is 0 Å². The minimum absolute atomic E-state index is 0.0690. The Morgan fingerprint density at radius 3 is 2.25 bits per heavy atom. The molecule has 44 heavy (non-hydrogen) atoms. The summed E-state index contributed by atoms with van der Waals surface area (Å²) in [5, 5.41) is 3.05. The zero-order valence-corrected chi connectivity index (χ0v) is 27.6. The molecule has 0 radical (unpaired) electrons. The van der Waals surface area contributed by atoms with Crippen LogP contribution in [0.15, 0.2) is 47.3 Å². The van der Waals surface area contributed by atoms with Crippen molar-refractivity contribution in [2.24, 2.45) is 0 Å². The highest BCUT2D eigenvalue weighted by Gasteiger charge is 2.29. The largest absolute Gasteiger partial charge is 0.491 e. The fourth-order valence-corrected chi connectivity index (χ4v) is 6.37. The van der Waals surface area contributed by atoms with Crippen LogP contribution < -0.4 is 20.4 Å². The van der Waals surface area contributed by atoms with Crippen molar-refractivity contribution >= 4 is 11.6 Å². The summed E-state index contributed by atoms with van der Waals surface area (Å²) in [7, 11) is 6.01. The second-order valence-electron chi connectivity index (χ2n) is 12.3. The lowest BCUT2D eigenvalue weighted by atomic mass is 9.88. The quantitative estimate of drug-likeness (QED) is 0.233. The van der Waals surface area contributed by atoms with Gasteiger partial charge in [-0.2, -0.15) is 0 Å². The zero-order chi connectivity index (χ0) is 31.8. The second-order valence-corrected chi connectivity index (χ2v) is 12.3. The first-order chi connectivity index (χ1) is 21.1. The van der Waals surface area contributed by atoms with Crippen LogP contribution >= 0.6 is 0 Å². The molecule has 1 aliphatic carbocycles. The number of pyridine rings is 1. The van der Waals surface area contributed by atoms with Crippen LogP contribution in [0.4, 0.5) is 5.69 Å². The molecule has 1 aromatic heterocycles. The Morgan fingerprint density at radius 2 is 1.64 bits per heavy atom. The molecule has 8 heteroatoms. The number of carbonyl (C=O) groups excluding carboxylic acids is 1. The van der Waals surface area contributed by atoms with Crippen molar-refractivity contribution < 1.29 is 14.3 Å². The number of hydrogen-bond donors (Lipinski definition) is 2. The molecule has 3 aromatic rings. The lowest BCUT2D eigenvalue weighted by molar-refractivity contribution is 0.0950. The summed E-state index contributed by atoms with van der Waals surface area (Å²) in [5.74, 6) is 0.595. The molecule has 8 nitrogen and oxygen atoms in total. The first-order valence-electron chi connectivity index (χ1n) is 15.9. The summed E-state index contributed by atoms with van der Waals surface area (Å²) in [5.41, 5.74) is 6.77. The van der Waals surface area contributed by atoms with E-state index in [0.717, 1.165) is 65.3 Å². The van der Waals surface area contributed by atoms with E-state index < -0.39 is 0 Å². The molecule has 1 heterocycles. The number of hydrogen-bond acceptors (Lipinski definition) is 6. The normalized spacial score (nSPS) is 16.6. The lowest BCUT2D eigenvalue weighted by Crippen LogP contribution is -2.43. The van der Waals surface area contributed by atoms with Crippen LogP contribution in [0, 0.1) is 20.8 Å². The fourth-order valence-electron chi connectivity index (χ4n) is 6.37. The Hall–Kier alpha value is -3.62. The number of anilines is 1. The number of H-pyrrole nitrogens is 1. The third-order valence-corrected chi connectivity index (χ3v) is 8.89.